The van der Waals surface area contributed by atoms with Crippen molar-refractivity contribution >= 4 is 22.6 Å². The van der Waals surface area contributed by atoms with Gasteiger partial charge in [-0.25, -0.2) is 0 Å². The van der Waals surface area contributed by atoms with Gasteiger partial charge in [0.2, 0.25) is 0 Å². The number of hydrogen-bond acceptors (Lipinski definition) is 2. The molecular weight excluding hydrogens is 303 g/mol. The first-order valence-corrected chi connectivity index (χ1v) is 5.90. The lowest BCUT2D eigenvalue weighted by Gasteiger charge is -2.25. The van der Waals surface area contributed by atoms with Crippen molar-refractivity contribution < 1.29 is 9.47 Å². The van der Waals surface area contributed by atoms with Crippen LogP contribution in [0.3, 0.4) is 0 Å². The average Bonchev–Trinajstić information content (AvgIpc) is 2.15. The van der Waals surface area contributed by atoms with Crippen molar-refractivity contribution in [1.29, 1.82) is 0 Å². The summed E-state index contributed by atoms with van der Waals surface area (Å²) in [5.41, 5.74) is 1.14. The van der Waals surface area contributed by atoms with Gasteiger partial charge in [-0.3, -0.25) is 0 Å². The molecule has 0 atom stereocenters. The molecule has 0 bridgehead atoms. The monoisotopic (exact) mass is 320 g/mol. The largest absolute Gasteiger partial charge is 0.496 e. The molecule has 0 amide bonds. The summed E-state index contributed by atoms with van der Waals surface area (Å²) in [5.74, 6) is 1.81. The maximum absolute atomic E-state index is 5.46. The van der Waals surface area contributed by atoms with Crippen molar-refractivity contribution in [3.8, 4) is 11.5 Å². The van der Waals surface area contributed by atoms with E-state index in [1.165, 1.54) is 0 Å². The van der Waals surface area contributed by atoms with E-state index in [9.17, 15) is 0 Å². The maximum Gasteiger partial charge on any atom is 0.139 e. The van der Waals surface area contributed by atoms with Crippen molar-refractivity contribution in [1.82, 2.24) is 0 Å². The highest BCUT2D eigenvalue weighted by Crippen LogP contribution is 2.41. The van der Waals surface area contributed by atoms with Crippen LogP contribution in [0, 0.1) is 3.57 Å². The first-order valence-electron chi connectivity index (χ1n) is 4.82. The first kappa shape index (κ1) is 12.6. The molecule has 0 aromatic heterocycles. The summed E-state index contributed by atoms with van der Waals surface area (Å²) in [6.07, 6.45) is 0. The zero-order valence-electron chi connectivity index (χ0n) is 9.85. The minimum atomic E-state index is 0.0118. The number of halogens is 1. The Hall–Kier alpha value is -0.450. The normalized spacial score (nSPS) is 11.3. The molecule has 0 N–H and O–H groups in total. The van der Waals surface area contributed by atoms with Gasteiger partial charge >= 0.3 is 0 Å². The third-order valence-electron chi connectivity index (χ3n) is 2.25. The van der Waals surface area contributed by atoms with Crippen molar-refractivity contribution in [2.24, 2.45) is 0 Å². The smallest absolute Gasteiger partial charge is 0.139 e. The summed E-state index contributed by atoms with van der Waals surface area (Å²) in [6, 6.07) is 4.00. The fraction of sp³-hybridized carbons (Fsp3) is 0.500. The Labute approximate surface area is 105 Å². The van der Waals surface area contributed by atoms with Crippen molar-refractivity contribution in [2.75, 3.05) is 14.2 Å². The summed E-state index contributed by atoms with van der Waals surface area (Å²) in [4.78, 5) is 0. The van der Waals surface area contributed by atoms with E-state index in [2.05, 4.69) is 43.4 Å². The number of hydrogen-bond donors (Lipinski definition) is 0. The topological polar surface area (TPSA) is 18.5 Å². The van der Waals surface area contributed by atoms with E-state index in [-0.39, 0.29) is 5.41 Å². The summed E-state index contributed by atoms with van der Waals surface area (Å²) in [6.45, 7) is 6.47. The third-order valence-corrected chi connectivity index (χ3v) is 3.09. The second-order valence-electron chi connectivity index (χ2n) is 4.41. The second kappa shape index (κ2) is 4.60. The van der Waals surface area contributed by atoms with Crippen LogP contribution < -0.4 is 9.47 Å². The number of methoxy groups -OCH3 is 2. The molecule has 0 radical (unpaired) electrons. The Morgan fingerprint density at radius 3 is 2.07 bits per heavy atom. The highest BCUT2D eigenvalue weighted by molar-refractivity contribution is 14.1. The Balaban J connectivity index is 3.48. The van der Waals surface area contributed by atoms with Crippen LogP contribution in [-0.4, -0.2) is 14.2 Å². The molecule has 1 aromatic carbocycles. The van der Waals surface area contributed by atoms with Crippen LogP contribution in [0.25, 0.3) is 0 Å². The molecule has 2 nitrogen and oxygen atoms in total. The Morgan fingerprint density at radius 2 is 1.67 bits per heavy atom. The van der Waals surface area contributed by atoms with Crippen molar-refractivity contribution in [3.63, 3.8) is 0 Å². The molecule has 15 heavy (non-hydrogen) atoms. The predicted octanol–water partition coefficient (Wildman–Crippen LogP) is 3.61. The Bertz CT molecular complexity index is 353. The van der Waals surface area contributed by atoms with E-state index >= 15 is 0 Å². The zero-order chi connectivity index (χ0) is 11.6. The van der Waals surface area contributed by atoms with Gasteiger partial charge in [-0.1, -0.05) is 20.8 Å². The van der Waals surface area contributed by atoms with Crippen molar-refractivity contribution in [2.45, 2.75) is 26.2 Å². The number of rotatable bonds is 2. The van der Waals surface area contributed by atoms with Crippen molar-refractivity contribution in [3.05, 3.63) is 21.3 Å². The minimum Gasteiger partial charge on any atom is -0.496 e. The zero-order valence-corrected chi connectivity index (χ0v) is 12.0. The highest BCUT2D eigenvalue weighted by Gasteiger charge is 2.25. The summed E-state index contributed by atoms with van der Waals surface area (Å²) < 4.78 is 12.0. The lowest BCUT2D eigenvalue weighted by Crippen LogP contribution is -2.15. The molecular formula is C12H17IO2. The van der Waals surface area contributed by atoms with Crippen LogP contribution in [-0.2, 0) is 5.41 Å². The van der Waals surface area contributed by atoms with E-state index in [4.69, 9.17) is 9.47 Å². The average molecular weight is 320 g/mol. The fourth-order valence-corrected chi connectivity index (χ4v) is 2.29. The molecule has 0 aliphatic rings. The molecule has 0 saturated carbocycles. The number of ether oxygens (including phenoxy) is 2. The molecule has 1 rings (SSSR count). The molecule has 0 heterocycles. The summed E-state index contributed by atoms with van der Waals surface area (Å²) in [5, 5.41) is 0. The highest BCUT2D eigenvalue weighted by atomic mass is 127. The van der Waals surface area contributed by atoms with Gasteiger partial charge in [-0.2, -0.15) is 0 Å². The fourth-order valence-electron chi connectivity index (χ4n) is 1.62. The third kappa shape index (κ3) is 2.56. The molecule has 3 heteroatoms. The second-order valence-corrected chi connectivity index (χ2v) is 5.57. The SMILES string of the molecule is COc1ccc(I)c(OC)c1C(C)(C)C. The molecule has 0 aliphatic heterocycles. The van der Waals surface area contributed by atoms with Gasteiger partial charge in [0.15, 0.2) is 0 Å². The van der Waals surface area contributed by atoms with Gasteiger partial charge in [0.1, 0.15) is 11.5 Å². The quantitative estimate of drug-likeness (QED) is 0.775. The van der Waals surface area contributed by atoms with Gasteiger partial charge in [-0.15, -0.1) is 0 Å². The lowest BCUT2D eigenvalue weighted by atomic mass is 9.85. The first-order chi connectivity index (χ1) is 6.91. The summed E-state index contributed by atoms with van der Waals surface area (Å²) in [7, 11) is 3.39. The van der Waals surface area contributed by atoms with Crippen LogP contribution in [0.5, 0.6) is 11.5 Å². The van der Waals surface area contributed by atoms with E-state index < -0.39 is 0 Å². The lowest BCUT2D eigenvalue weighted by molar-refractivity contribution is 0.365. The van der Waals surface area contributed by atoms with Gasteiger partial charge < -0.3 is 9.47 Å². The van der Waals surface area contributed by atoms with Crippen LogP contribution in [0.1, 0.15) is 26.3 Å². The van der Waals surface area contributed by atoms with E-state index in [1.54, 1.807) is 14.2 Å². The standard InChI is InChI=1S/C12H17IO2/c1-12(2,3)10-9(14-4)7-6-8(13)11(10)15-5/h6-7H,1-5H3. The molecule has 0 aliphatic carbocycles. The Morgan fingerprint density at radius 1 is 1.07 bits per heavy atom. The molecule has 0 unspecified atom stereocenters. The van der Waals surface area contributed by atoms with Crippen LogP contribution in [0.15, 0.2) is 12.1 Å². The van der Waals surface area contributed by atoms with Gasteiger partial charge in [0.05, 0.1) is 17.8 Å². The summed E-state index contributed by atoms with van der Waals surface area (Å²) >= 11 is 2.28. The molecule has 0 saturated heterocycles. The maximum atomic E-state index is 5.46. The predicted molar refractivity (Wildman–Crippen MR) is 71.0 cm³/mol. The molecule has 84 valence electrons. The van der Waals surface area contributed by atoms with E-state index in [0.717, 1.165) is 20.6 Å². The van der Waals surface area contributed by atoms with E-state index in [0.29, 0.717) is 0 Å². The van der Waals surface area contributed by atoms with Gasteiger partial charge in [0.25, 0.3) is 0 Å². The van der Waals surface area contributed by atoms with Gasteiger partial charge in [0, 0.05) is 5.56 Å². The van der Waals surface area contributed by atoms with Crippen LogP contribution in [0.4, 0.5) is 0 Å². The van der Waals surface area contributed by atoms with Crippen LogP contribution >= 0.6 is 22.6 Å². The molecule has 0 spiro atoms. The van der Waals surface area contributed by atoms with Gasteiger partial charge in [-0.05, 0) is 40.1 Å². The number of benzene rings is 1. The Kier molecular flexibility index (Phi) is 3.87. The molecule has 1 aromatic rings. The van der Waals surface area contributed by atoms with E-state index in [1.807, 2.05) is 12.1 Å². The minimum absolute atomic E-state index is 0.0118. The molecule has 0 fully saturated rings. The van der Waals surface area contributed by atoms with Crippen LogP contribution in [0.2, 0.25) is 0 Å².